The van der Waals surface area contributed by atoms with E-state index in [4.69, 9.17) is 12.2 Å². The molecule has 0 bridgehead atoms. The molecule has 0 fully saturated rings. The van der Waals surface area contributed by atoms with Crippen molar-refractivity contribution in [1.29, 1.82) is 0 Å². The molecule has 1 heterocycles. The van der Waals surface area contributed by atoms with Crippen LogP contribution in [0, 0.1) is 10.9 Å². The van der Waals surface area contributed by atoms with E-state index < -0.39 is 0 Å². The number of rotatable bonds is 3. The number of aryl methyl sites for hydroxylation is 1. The summed E-state index contributed by atoms with van der Waals surface area (Å²) in [6.45, 7) is 2.86. The highest BCUT2D eigenvalue weighted by atomic mass is 32.1. The Morgan fingerprint density at radius 2 is 2.40 bits per heavy atom. The van der Waals surface area contributed by atoms with E-state index in [0.717, 1.165) is 11.7 Å². The summed E-state index contributed by atoms with van der Waals surface area (Å²) in [5, 5.41) is 10.8. The molecule has 5 heteroatoms. The standard InChI is InChI=1S/C10H11N3S2/c1-7-3-2-4-8(5-7)6-11-9-12-13-10(14)15-9/h2-5H,6H2,1H3,(H,11,12)(H,13,14). The van der Waals surface area contributed by atoms with Crippen molar-refractivity contribution in [2.24, 2.45) is 0 Å². The van der Waals surface area contributed by atoms with E-state index >= 15 is 0 Å². The van der Waals surface area contributed by atoms with Gasteiger partial charge in [0.25, 0.3) is 0 Å². The van der Waals surface area contributed by atoms with Crippen LogP contribution in [0.1, 0.15) is 11.1 Å². The maximum Gasteiger partial charge on any atom is 0.204 e. The molecule has 1 aromatic carbocycles. The van der Waals surface area contributed by atoms with Gasteiger partial charge in [0.1, 0.15) is 0 Å². The summed E-state index contributed by atoms with van der Waals surface area (Å²) >= 11 is 6.39. The van der Waals surface area contributed by atoms with Gasteiger partial charge in [-0.25, -0.2) is 0 Å². The van der Waals surface area contributed by atoms with Crippen LogP contribution in [-0.4, -0.2) is 10.2 Å². The maximum atomic E-state index is 4.95. The summed E-state index contributed by atoms with van der Waals surface area (Å²) < 4.78 is 0.696. The minimum absolute atomic E-state index is 0.696. The molecule has 0 aliphatic heterocycles. The molecule has 2 aromatic rings. The Kier molecular flexibility index (Phi) is 3.13. The molecule has 2 N–H and O–H groups in total. The number of hydrogen-bond acceptors (Lipinski definition) is 4. The van der Waals surface area contributed by atoms with Crippen LogP contribution in [0.15, 0.2) is 24.3 Å². The second kappa shape index (κ2) is 4.55. The molecule has 1 aromatic heterocycles. The van der Waals surface area contributed by atoms with Crippen molar-refractivity contribution in [3.05, 3.63) is 39.3 Å². The molecule has 2 rings (SSSR count). The lowest BCUT2D eigenvalue weighted by Gasteiger charge is -2.02. The molecule has 0 aliphatic carbocycles. The number of nitrogens with zero attached hydrogens (tertiary/aromatic N) is 1. The lowest BCUT2D eigenvalue weighted by Crippen LogP contribution is -1.98. The first-order valence-corrected chi connectivity index (χ1v) is 5.81. The second-order valence-electron chi connectivity index (χ2n) is 3.26. The zero-order valence-corrected chi connectivity index (χ0v) is 9.91. The fraction of sp³-hybridized carbons (Fsp3) is 0.200. The van der Waals surface area contributed by atoms with Gasteiger partial charge in [0, 0.05) is 6.54 Å². The lowest BCUT2D eigenvalue weighted by atomic mass is 10.1. The molecule has 0 saturated heterocycles. The van der Waals surface area contributed by atoms with Crippen molar-refractivity contribution in [2.45, 2.75) is 13.5 Å². The first-order valence-electron chi connectivity index (χ1n) is 4.59. The number of benzene rings is 1. The Bertz CT molecular complexity index is 501. The van der Waals surface area contributed by atoms with E-state index in [9.17, 15) is 0 Å². The Morgan fingerprint density at radius 1 is 1.53 bits per heavy atom. The molecular formula is C10H11N3S2. The Hall–Kier alpha value is -1.20. The first-order chi connectivity index (χ1) is 7.24. The topological polar surface area (TPSA) is 40.7 Å². The van der Waals surface area contributed by atoms with Gasteiger partial charge in [0.05, 0.1) is 0 Å². The highest BCUT2D eigenvalue weighted by Crippen LogP contribution is 2.12. The molecule has 0 unspecified atom stereocenters. The summed E-state index contributed by atoms with van der Waals surface area (Å²) in [7, 11) is 0. The number of nitrogens with one attached hydrogen (secondary N) is 2. The van der Waals surface area contributed by atoms with Crippen LogP contribution in [0.5, 0.6) is 0 Å². The van der Waals surface area contributed by atoms with Crippen LogP contribution in [0.4, 0.5) is 5.13 Å². The summed E-state index contributed by atoms with van der Waals surface area (Å²) in [4.78, 5) is 0. The SMILES string of the molecule is Cc1cccc(CNc2n[nH]c(=S)s2)c1. The van der Waals surface area contributed by atoms with Gasteiger partial charge in [0.15, 0.2) is 3.95 Å². The van der Waals surface area contributed by atoms with Crippen molar-refractivity contribution in [3.63, 3.8) is 0 Å². The van der Waals surface area contributed by atoms with E-state index in [0.29, 0.717) is 3.95 Å². The molecule has 78 valence electrons. The molecule has 0 amide bonds. The fourth-order valence-corrected chi connectivity index (χ4v) is 2.09. The van der Waals surface area contributed by atoms with Gasteiger partial charge in [-0.1, -0.05) is 41.2 Å². The number of aromatic amines is 1. The quantitative estimate of drug-likeness (QED) is 0.806. The third kappa shape index (κ3) is 2.87. The molecule has 3 nitrogen and oxygen atoms in total. The van der Waals surface area contributed by atoms with Crippen LogP contribution >= 0.6 is 23.6 Å². The third-order valence-corrected chi connectivity index (χ3v) is 3.01. The van der Waals surface area contributed by atoms with E-state index in [2.05, 4.69) is 46.7 Å². The highest BCUT2D eigenvalue weighted by molar-refractivity contribution is 7.73. The zero-order valence-electron chi connectivity index (χ0n) is 8.28. The molecular weight excluding hydrogens is 226 g/mol. The molecule has 15 heavy (non-hydrogen) atoms. The van der Waals surface area contributed by atoms with Crippen molar-refractivity contribution < 1.29 is 0 Å². The lowest BCUT2D eigenvalue weighted by molar-refractivity contribution is 1.04. The van der Waals surface area contributed by atoms with Gasteiger partial charge < -0.3 is 5.32 Å². The number of aromatic nitrogens is 2. The smallest absolute Gasteiger partial charge is 0.204 e. The zero-order chi connectivity index (χ0) is 10.7. The van der Waals surface area contributed by atoms with Gasteiger partial charge in [-0.15, -0.1) is 5.10 Å². The Labute approximate surface area is 97.2 Å². The molecule has 0 radical (unpaired) electrons. The number of hydrogen-bond donors (Lipinski definition) is 2. The second-order valence-corrected chi connectivity index (χ2v) is 4.93. The average Bonchev–Trinajstić information content (AvgIpc) is 2.62. The molecule has 0 atom stereocenters. The predicted octanol–water partition coefficient (Wildman–Crippen LogP) is 3.12. The highest BCUT2D eigenvalue weighted by Gasteiger charge is 1.97. The van der Waals surface area contributed by atoms with Crippen LogP contribution in [-0.2, 0) is 6.54 Å². The van der Waals surface area contributed by atoms with Gasteiger partial charge >= 0.3 is 0 Å². The van der Waals surface area contributed by atoms with Crippen LogP contribution in [0.2, 0.25) is 0 Å². The van der Waals surface area contributed by atoms with E-state index in [-0.39, 0.29) is 0 Å². The summed E-state index contributed by atoms with van der Waals surface area (Å²) in [6, 6.07) is 8.38. The fourth-order valence-electron chi connectivity index (χ4n) is 1.31. The molecule has 0 spiro atoms. The van der Waals surface area contributed by atoms with Gasteiger partial charge in [-0.05, 0) is 24.7 Å². The van der Waals surface area contributed by atoms with Crippen LogP contribution in [0.25, 0.3) is 0 Å². The van der Waals surface area contributed by atoms with Gasteiger partial charge in [-0.3, -0.25) is 5.10 Å². The maximum absolute atomic E-state index is 4.95. The van der Waals surface area contributed by atoms with Crippen molar-refractivity contribution in [1.82, 2.24) is 10.2 Å². The first kappa shape index (κ1) is 10.3. The van der Waals surface area contributed by atoms with Crippen LogP contribution in [0.3, 0.4) is 0 Å². The Balaban J connectivity index is 2.02. The minimum atomic E-state index is 0.696. The van der Waals surface area contributed by atoms with E-state index in [1.54, 1.807) is 0 Å². The molecule has 0 aliphatic rings. The van der Waals surface area contributed by atoms with Crippen molar-refractivity contribution >= 4 is 28.7 Å². The molecule has 0 saturated carbocycles. The van der Waals surface area contributed by atoms with Crippen molar-refractivity contribution in [2.75, 3.05) is 5.32 Å². The summed E-state index contributed by atoms with van der Waals surface area (Å²) in [5.41, 5.74) is 2.51. The predicted molar refractivity (Wildman–Crippen MR) is 65.8 cm³/mol. The van der Waals surface area contributed by atoms with E-state index in [1.165, 1.54) is 22.5 Å². The van der Waals surface area contributed by atoms with Gasteiger partial charge in [-0.2, -0.15) is 0 Å². The Morgan fingerprint density at radius 3 is 3.07 bits per heavy atom. The largest absolute Gasteiger partial charge is 0.356 e. The monoisotopic (exact) mass is 237 g/mol. The summed E-state index contributed by atoms with van der Waals surface area (Å²) in [6.07, 6.45) is 0. The van der Waals surface area contributed by atoms with Gasteiger partial charge in [0.2, 0.25) is 5.13 Å². The minimum Gasteiger partial charge on any atom is -0.356 e. The third-order valence-electron chi connectivity index (χ3n) is 1.96. The summed E-state index contributed by atoms with van der Waals surface area (Å²) in [5.74, 6) is 0. The van der Waals surface area contributed by atoms with Crippen LogP contribution < -0.4 is 5.32 Å². The normalized spacial score (nSPS) is 10.2. The average molecular weight is 237 g/mol. The van der Waals surface area contributed by atoms with E-state index in [1.807, 2.05) is 0 Å². The number of H-pyrrole nitrogens is 1. The number of anilines is 1. The van der Waals surface area contributed by atoms with Crippen molar-refractivity contribution in [3.8, 4) is 0 Å².